The molecular formula is C23H24N2. The molecule has 0 fully saturated rings. The summed E-state index contributed by atoms with van der Waals surface area (Å²) < 4.78 is 2.42. The number of rotatable bonds is 3. The summed E-state index contributed by atoms with van der Waals surface area (Å²) in [5.41, 5.74) is 7.58. The molecule has 2 heteroatoms. The van der Waals surface area contributed by atoms with Gasteiger partial charge in [-0.15, -0.1) is 0 Å². The molecule has 2 aromatic carbocycles. The largest absolute Gasteiger partial charge is 0.307 e. The van der Waals surface area contributed by atoms with Crippen molar-refractivity contribution in [1.82, 2.24) is 9.55 Å². The maximum Gasteiger partial charge on any atom is 0.0963 e. The number of nitrogens with zero attached hydrogens (tertiary/aromatic N) is 2. The number of pyridine rings is 1. The van der Waals surface area contributed by atoms with Crippen LogP contribution in [0.2, 0.25) is 0 Å². The van der Waals surface area contributed by atoms with E-state index in [1.54, 1.807) is 0 Å². The molecule has 2 heterocycles. The van der Waals surface area contributed by atoms with Crippen LogP contribution in [0.4, 0.5) is 0 Å². The number of fused-ring (bicyclic) bond motifs is 3. The zero-order chi connectivity index (χ0) is 17.6. The van der Waals surface area contributed by atoms with Crippen LogP contribution in [0.3, 0.4) is 0 Å². The molecule has 0 N–H and O–H groups in total. The van der Waals surface area contributed by atoms with Gasteiger partial charge in [-0.3, -0.25) is 4.98 Å². The van der Waals surface area contributed by atoms with Crippen molar-refractivity contribution in [2.45, 2.75) is 39.5 Å². The van der Waals surface area contributed by atoms with Gasteiger partial charge in [0.15, 0.2) is 0 Å². The summed E-state index contributed by atoms with van der Waals surface area (Å²) in [4.78, 5) is 4.68. The minimum absolute atomic E-state index is 0.460. The summed E-state index contributed by atoms with van der Waals surface area (Å²) in [7, 11) is 0. The Labute approximate surface area is 149 Å². The van der Waals surface area contributed by atoms with Gasteiger partial charge >= 0.3 is 0 Å². The second-order valence-electron chi connectivity index (χ2n) is 7.32. The van der Waals surface area contributed by atoms with Gasteiger partial charge in [0.05, 0.1) is 22.2 Å². The Balaban J connectivity index is 2.22. The maximum absolute atomic E-state index is 4.68. The van der Waals surface area contributed by atoms with E-state index < -0.39 is 0 Å². The molecule has 25 heavy (non-hydrogen) atoms. The molecule has 0 saturated heterocycles. The Morgan fingerprint density at radius 2 is 1.36 bits per heavy atom. The highest BCUT2D eigenvalue weighted by atomic mass is 15.0. The highest BCUT2D eigenvalue weighted by Gasteiger charge is 2.20. The molecule has 0 aliphatic carbocycles. The fraction of sp³-hybridized carbons (Fsp3) is 0.261. The van der Waals surface area contributed by atoms with E-state index in [4.69, 9.17) is 0 Å². The Bertz CT molecular complexity index is 975. The van der Waals surface area contributed by atoms with Gasteiger partial charge in [0, 0.05) is 11.6 Å². The van der Waals surface area contributed by atoms with E-state index >= 15 is 0 Å². The number of aromatic nitrogens is 2. The first-order valence-corrected chi connectivity index (χ1v) is 9.07. The number of hydrogen-bond acceptors (Lipinski definition) is 1. The van der Waals surface area contributed by atoms with Gasteiger partial charge in [0.25, 0.3) is 0 Å². The Kier molecular flexibility index (Phi) is 3.84. The second kappa shape index (κ2) is 6.03. The van der Waals surface area contributed by atoms with Crippen LogP contribution < -0.4 is 0 Å². The zero-order valence-electron chi connectivity index (χ0n) is 15.3. The molecule has 0 aliphatic rings. The van der Waals surface area contributed by atoms with Gasteiger partial charge < -0.3 is 4.57 Å². The molecule has 0 spiro atoms. The molecule has 0 unspecified atom stereocenters. The summed E-state index contributed by atoms with van der Waals surface area (Å²) in [6, 6.07) is 19.5. The Hall–Kier alpha value is -2.61. The lowest BCUT2D eigenvalue weighted by Crippen LogP contribution is -2.07. The number of benzene rings is 2. The predicted molar refractivity (Wildman–Crippen MR) is 107 cm³/mol. The molecule has 0 bridgehead atoms. The molecular weight excluding hydrogens is 304 g/mol. The van der Waals surface area contributed by atoms with Crippen molar-refractivity contribution in [2.75, 3.05) is 0 Å². The van der Waals surface area contributed by atoms with Crippen LogP contribution in [0, 0.1) is 0 Å². The maximum atomic E-state index is 4.68. The van der Waals surface area contributed by atoms with E-state index in [9.17, 15) is 0 Å². The highest BCUT2D eigenvalue weighted by molar-refractivity contribution is 6.07. The van der Waals surface area contributed by atoms with Crippen molar-refractivity contribution in [2.24, 2.45) is 0 Å². The monoisotopic (exact) mass is 328 g/mol. The van der Waals surface area contributed by atoms with Gasteiger partial charge in [-0.1, -0.05) is 64.1 Å². The van der Waals surface area contributed by atoms with Crippen molar-refractivity contribution in [3.05, 3.63) is 71.9 Å². The van der Waals surface area contributed by atoms with Crippen LogP contribution >= 0.6 is 0 Å². The van der Waals surface area contributed by atoms with Crippen LogP contribution in [0.25, 0.3) is 27.6 Å². The number of hydrogen-bond donors (Lipinski definition) is 0. The fourth-order valence-corrected chi connectivity index (χ4v) is 3.79. The molecule has 0 atom stereocenters. The summed E-state index contributed by atoms with van der Waals surface area (Å²) in [5, 5.41) is 1.21. The van der Waals surface area contributed by atoms with Crippen molar-refractivity contribution < 1.29 is 0 Å². The van der Waals surface area contributed by atoms with E-state index in [1.807, 2.05) is 12.3 Å². The fourth-order valence-electron chi connectivity index (χ4n) is 3.79. The summed E-state index contributed by atoms with van der Waals surface area (Å²) in [6.07, 6.45) is 1.89. The first kappa shape index (κ1) is 15.9. The van der Waals surface area contributed by atoms with E-state index in [1.165, 1.54) is 33.2 Å². The van der Waals surface area contributed by atoms with Crippen LogP contribution in [-0.2, 0) is 0 Å². The quantitative estimate of drug-likeness (QED) is 0.424. The number of para-hydroxylation sites is 2. The van der Waals surface area contributed by atoms with Gasteiger partial charge in [0.1, 0.15) is 0 Å². The smallest absolute Gasteiger partial charge is 0.0963 e. The molecule has 0 radical (unpaired) electrons. The third-order valence-electron chi connectivity index (χ3n) is 4.99. The summed E-state index contributed by atoms with van der Waals surface area (Å²) in [5.74, 6) is 0.920. The van der Waals surface area contributed by atoms with Crippen molar-refractivity contribution in [1.29, 1.82) is 0 Å². The normalized spacial score (nSPS) is 11.9. The third kappa shape index (κ3) is 2.44. The summed E-state index contributed by atoms with van der Waals surface area (Å²) in [6.45, 7) is 9.09. The molecule has 126 valence electrons. The van der Waals surface area contributed by atoms with Crippen LogP contribution in [0.1, 0.15) is 50.7 Å². The molecule has 0 amide bonds. The molecule has 0 saturated carbocycles. The standard InChI is InChI=1S/C23H24N2/c1-15(2)17-10-7-11-18(16(3)4)23(17)25-20-12-6-5-9-19(20)22-21(25)13-8-14-24-22/h5-16H,1-4H3. The highest BCUT2D eigenvalue weighted by Crippen LogP contribution is 2.37. The lowest BCUT2D eigenvalue weighted by Gasteiger charge is -2.22. The minimum Gasteiger partial charge on any atom is -0.307 e. The zero-order valence-corrected chi connectivity index (χ0v) is 15.3. The Morgan fingerprint density at radius 1 is 0.720 bits per heavy atom. The van der Waals surface area contributed by atoms with Crippen LogP contribution in [0.5, 0.6) is 0 Å². The van der Waals surface area contributed by atoms with Gasteiger partial charge in [0.2, 0.25) is 0 Å². The predicted octanol–water partition coefficient (Wildman–Crippen LogP) is 6.43. The van der Waals surface area contributed by atoms with Gasteiger partial charge in [-0.25, -0.2) is 0 Å². The lowest BCUT2D eigenvalue weighted by atomic mass is 9.92. The van der Waals surface area contributed by atoms with E-state index in [-0.39, 0.29) is 0 Å². The van der Waals surface area contributed by atoms with Crippen molar-refractivity contribution in [3.8, 4) is 5.69 Å². The van der Waals surface area contributed by atoms with E-state index in [2.05, 4.69) is 85.8 Å². The molecule has 4 aromatic rings. The van der Waals surface area contributed by atoms with Crippen LogP contribution in [-0.4, -0.2) is 9.55 Å². The Morgan fingerprint density at radius 3 is 2.04 bits per heavy atom. The van der Waals surface area contributed by atoms with E-state index in [0.29, 0.717) is 11.8 Å². The van der Waals surface area contributed by atoms with Crippen LogP contribution in [0.15, 0.2) is 60.8 Å². The van der Waals surface area contributed by atoms with Gasteiger partial charge in [-0.05, 0) is 41.2 Å². The SMILES string of the molecule is CC(C)c1cccc(C(C)C)c1-n1c2ccccc2c2ncccc21. The van der Waals surface area contributed by atoms with E-state index in [0.717, 1.165) is 5.52 Å². The second-order valence-corrected chi connectivity index (χ2v) is 7.32. The minimum atomic E-state index is 0.460. The lowest BCUT2D eigenvalue weighted by molar-refractivity contribution is 0.815. The molecule has 0 aliphatic heterocycles. The summed E-state index contributed by atoms with van der Waals surface area (Å²) >= 11 is 0. The molecule has 4 rings (SSSR count). The van der Waals surface area contributed by atoms with Crippen molar-refractivity contribution in [3.63, 3.8) is 0 Å². The first-order chi connectivity index (χ1) is 12.1. The van der Waals surface area contributed by atoms with Crippen molar-refractivity contribution >= 4 is 21.9 Å². The topological polar surface area (TPSA) is 17.8 Å². The average molecular weight is 328 g/mol. The third-order valence-corrected chi connectivity index (χ3v) is 4.99. The molecule has 2 nitrogen and oxygen atoms in total. The molecule has 2 aromatic heterocycles. The average Bonchev–Trinajstić information content (AvgIpc) is 2.95. The van der Waals surface area contributed by atoms with Gasteiger partial charge in [-0.2, -0.15) is 0 Å². The first-order valence-electron chi connectivity index (χ1n) is 9.07.